The maximum atomic E-state index is 13.6. The van der Waals surface area contributed by atoms with Gasteiger partial charge in [0.1, 0.15) is 11.5 Å². The van der Waals surface area contributed by atoms with Gasteiger partial charge in [0, 0.05) is 21.3 Å². The van der Waals surface area contributed by atoms with Crippen molar-refractivity contribution in [1.29, 1.82) is 0 Å². The van der Waals surface area contributed by atoms with Gasteiger partial charge in [0.25, 0.3) is 11.8 Å². The summed E-state index contributed by atoms with van der Waals surface area (Å²) >= 11 is 13.3. The maximum Gasteiger partial charge on any atom is 0.267 e. The van der Waals surface area contributed by atoms with E-state index in [-0.39, 0.29) is 25.0 Å². The van der Waals surface area contributed by atoms with Crippen molar-refractivity contribution < 1.29 is 28.2 Å². The molecule has 1 N–H and O–H groups in total. The molecule has 1 aliphatic heterocycles. The Hall–Kier alpha value is -4.71. The van der Waals surface area contributed by atoms with E-state index in [0.717, 1.165) is 17.3 Å². The SMILES string of the molecule is COc1ccc(/C=N/N=C2\S/C(=C\c3cc(Cl)ccc3OCC(=O)Nc3ccc(Cl)cc3)C(=O)N2Cc2ccco2)cc1OC. The highest BCUT2D eigenvalue weighted by Crippen LogP contribution is 2.36. The van der Waals surface area contributed by atoms with Crippen LogP contribution in [0.2, 0.25) is 10.0 Å². The summed E-state index contributed by atoms with van der Waals surface area (Å²) < 4.78 is 21.9. The van der Waals surface area contributed by atoms with Gasteiger partial charge in [-0.1, -0.05) is 23.2 Å². The van der Waals surface area contributed by atoms with Crippen molar-refractivity contribution in [3.8, 4) is 17.2 Å². The molecule has 13 heteroatoms. The van der Waals surface area contributed by atoms with Gasteiger partial charge in [-0.3, -0.25) is 14.5 Å². The van der Waals surface area contributed by atoms with Gasteiger partial charge >= 0.3 is 0 Å². The second kappa shape index (κ2) is 14.8. The standard InChI is InChI=1S/C32H26Cl2N4O6S/c1-41-27-11-5-20(14-28(27)42-2)17-35-37-32-38(18-25-4-3-13-43-25)31(40)29(45-32)16-21-15-23(34)8-12-26(21)44-19-30(39)36-24-9-6-22(33)7-10-24/h3-17H,18-19H2,1-2H3,(H,36,39)/b29-16-,35-17+,37-32-. The number of nitrogens with zero attached hydrogens (tertiary/aromatic N) is 3. The van der Waals surface area contributed by atoms with Crippen molar-refractivity contribution in [3.05, 3.63) is 111 Å². The Bertz CT molecular complexity index is 1770. The Morgan fingerprint density at radius 3 is 2.47 bits per heavy atom. The molecule has 0 bridgehead atoms. The number of hydrogen-bond acceptors (Lipinski definition) is 9. The Morgan fingerprint density at radius 2 is 1.73 bits per heavy atom. The fourth-order valence-electron chi connectivity index (χ4n) is 4.14. The van der Waals surface area contributed by atoms with Crippen LogP contribution in [0.1, 0.15) is 16.9 Å². The van der Waals surface area contributed by atoms with Crippen molar-refractivity contribution in [3.63, 3.8) is 0 Å². The molecule has 3 aromatic carbocycles. The van der Waals surface area contributed by atoms with Gasteiger partial charge in [0.05, 0.1) is 38.1 Å². The first-order chi connectivity index (χ1) is 21.8. The fourth-order valence-corrected chi connectivity index (χ4v) is 5.37. The predicted octanol–water partition coefficient (Wildman–Crippen LogP) is 7.13. The van der Waals surface area contributed by atoms with Crippen LogP contribution in [0, 0.1) is 0 Å². The summed E-state index contributed by atoms with van der Waals surface area (Å²) in [5, 5.41) is 12.6. The number of amides is 2. The molecule has 0 radical (unpaired) electrons. The summed E-state index contributed by atoms with van der Waals surface area (Å²) in [6.07, 6.45) is 4.72. The molecule has 1 aliphatic rings. The lowest BCUT2D eigenvalue weighted by Crippen LogP contribution is -2.28. The third kappa shape index (κ3) is 8.27. The number of hydrogen-bond donors (Lipinski definition) is 1. The minimum atomic E-state index is -0.372. The number of ether oxygens (including phenoxy) is 3. The number of rotatable bonds is 11. The van der Waals surface area contributed by atoms with E-state index in [0.29, 0.717) is 54.4 Å². The number of carbonyl (C=O) groups is 2. The number of methoxy groups -OCH3 is 2. The smallest absolute Gasteiger partial charge is 0.267 e. The molecular formula is C32H26Cl2N4O6S. The summed E-state index contributed by atoms with van der Waals surface area (Å²) in [6, 6.07) is 20.5. The molecule has 10 nitrogen and oxygen atoms in total. The zero-order valence-electron chi connectivity index (χ0n) is 24.0. The van der Waals surface area contributed by atoms with Crippen molar-refractivity contribution in [2.45, 2.75) is 6.54 Å². The highest BCUT2D eigenvalue weighted by Gasteiger charge is 2.34. The molecule has 4 aromatic rings. The Kier molecular flexibility index (Phi) is 10.5. The summed E-state index contributed by atoms with van der Waals surface area (Å²) in [5.41, 5.74) is 1.81. The Balaban J connectivity index is 1.37. The third-order valence-electron chi connectivity index (χ3n) is 6.28. The zero-order valence-corrected chi connectivity index (χ0v) is 26.4. The van der Waals surface area contributed by atoms with Crippen molar-refractivity contribution in [2.24, 2.45) is 10.2 Å². The van der Waals surface area contributed by atoms with Gasteiger partial charge in [0.2, 0.25) is 0 Å². The molecule has 2 heterocycles. The number of furan rings is 1. The van der Waals surface area contributed by atoms with E-state index in [9.17, 15) is 9.59 Å². The molecule has 5 rings (SSSR count). The quantitative estimate of drug-likeness (QED) is 0.103. The first-order valence-corrected chi connectivity index (χ1v) is 14.9. The van der Waals surface area contributed by atoms with Crippen LogP contribution in [0.5, 0.6) is 17.2 Å². The normalized spacial score (nSPS) is 14.8. The van der Waals surface area contributed by atoms with Crippen LogP contribution < -0.4 is 19.5 Å². The van der Waals surface area contributed by atoms with E-state index >= 15 is 0 Å². The highest BCUT2D eigenvalue weighted by atomic mass is 35.5. The molecule has 1 fully saturated rings. The Morgan fingerprint density at radius 1 is 0.978 bits per heavy atom. The second-order valence-corrected chi connectivity index (χ2v) is 11.2. The van der Waals surface area contributed by atoms with Crippen LogP contribution in [-0.4, -0.2) is 48.9 Å². The third-order valence-corrected chi connectivity index (χ3v) is 7.77. The largest absolute Gasteiger partial charge is 0.493 e. The summed E-state index contributed by atoms with van der Waals surface area (Å²) in [5.74, 6) is 1.38. The monoisotopic (exact) mass is 664 g/mol. The molecule has 0 aliphatic carbocycles. The maximum absolute atomic E-state index is 13.6. The Labute approximate surface area is 273 Å². The van der Waals surface area contributed by atoms with E-state index in [4.69, 9.17) is 41.8 Å². The zero-order chi connectivity index (χ0) is 31.8. The predicted molar refractivity (Wildman–Crippen MR) is 176 cm³/mol. The fraction of sp³-hybridized carbons (Fsp3) is 0.125. The van der Waals surface area contributed by atoms with E-state index in [1.165, 1.54) is 11.2 Å². The van der Waals surface area contributed by atoms with Gasteiger partial charge in [-0.25, -0.2) is 0 Å². The molecule has 0 atom stereocenters. The molecule has 45 heavy (non-hydrogen) atoms. The lowest BCUT2D eigenvalue weighted by molar-refractivity contribution is -0.122. The molecule has 1 aromatic heterocycles. The minimum Gasteiger partial charge on any atom is -0.493 e. The average molecular weight is 666 g/mol. The minimum absolute atomic E-state index is 0.144. The first kappa shape index (κ1) is 31.7. The van der Waals surface area contributed by atoms with Crippen molar-refractivity contribution in [1.82, 2.24) is 4.90 Å². The molecule has 0 saturated carbocycles. The van der Waals surface area contributed by atoms with Crippen LogP contribution >= 0.6 is 35.0 Å². The highest BCUT2D eigenvalue weighted by molar-refractivity contribution is 8.18. The number of carbonyl (C=O) groups excluding carboxylic acids is 2. The number of nitrogens with one attached hydrogen (secondary N) is 1. The van der Waals surface area contributed by atoms with Crippen LogP contribution in [0.25, 0.3) is 6.08 Å². The van der Waals surface area contributed by atoms with Crippen molar-refractivity contribution in [2.75, 3.05) is 26.1 Å². The van der Waals surface area contributed by atoms with Gasteiger partial charge in [-0.2, -0.15) is 5.10 Å². The lowest BCUT2D eigenvalue weighted by atomic mass is 10.2. The summed E-state index contributed by atoms with van der Waals surface area (Å²) in [4.78, 5) is 27.9. The van der Waals surface area contributed by atoms with Gasteiger partial charge in [-0.15, -0.1) is 5.10 Å². The number of benzene rings is 3. The summed E-state index contributed by atoms with van der Waals surface area (Å²) in [6.45, 7) is -0.131. The number of anilines is 1. The lowest BCUT2D eigenvalue weighted by Gasteiger charge is -2.13. The average Bonchev–Trinajstić information content (AvgIpc) is 3.66. The number of halogens is 2. The van der Waals surface area contributed by atoms with E-state index in [1.54, 1.807) is 99.3 Å². The van der Waals surface area contributed by atoms with E-state index in [2.05, 4.69) is 15.5 Å². The molecule has 230 valence electrons. The van der Waals surface area contributed by atoms with Crippen LogP contribution in [-0.2, 0) is 16.1 Å². The van der Waals surface area contributed by atoms with E-state index < -0.39 is 0 Å². The van der Waals surface area contributed by atoms with E-state index in [1.807, 2.05) is 0 Å². The molecule has 0 unspecified atom stereocenters. The second-order valence-electron chi connectivity index (χ2n) is 9.35. The van der Waals surface area contributed by atoms with Gasteiger partial charge < -0.3 is 23.9 Å². The van der Waals surface area contributed by atoms with Crippen LogP contribution in [0.4, 0.5) is 5.69 Å². The molecule has 0 spiro atoms. The van der Waals surface area contributed by atoms with Crippen LogP contribution in [0.15, 0.2) is 98.6 Å². The van der Waals surface area contributed by atoms with Crippen molar-refractivity contribution >= 4 is 69.9 Å². The number of amidine groups is 1. The molecule has 2 amide bonds. The van der Waals surface area contributed by atoms with Crippen LogP contribution in [0.3, 0.4) is 0 Å². The molecule has 1 saturated heterocycles. The van der Waals surface area contributed by atoms with Gasteiger partial charge in [-0.05, 0) is 96.2 Å². The molecular weight excluding hydrogens is 639 g/mol. The topological polar surface area (TPSA) is 115 Å². The first-order valence-electron chi connectivity index (χ1n) is 13.4. The van der Waals surface area contributed by atoms with Gasteiger partial charge in [0.15, 0.2) is 23.3 Å². The number of thioether (sulfide) groups is 1. The summed E-state index contributed by atoms with van der Waals surface area (Å²) in [7, 11) is 3.11.